The first-order chi connectivity index (χ1) is 12.1. The number of primary amides is 1. The number of Topliss-reactive ketones (excluding diaryl/α,β-unsaturated/α-hetero) is 1. The second-order valence-corrected chi connectivity index (χ2v) is 6.07. The van der Waals surface area contributed by atoms with E-state index < -0.39 is 12.0 Å². The summed E-state index contributed by atoms with van der Waals surface area (Å²) < 4.78 is 5.93. The van der Waals surface area contributed by atoms with Gasteiger partial charge in [-0.3, -0.25) is 9.59 Å². The van der Waals surface area contributed by atoms with Gasteiger partial charge in [-0.1, -0.05) is 6.07 Å². The summed E-state index contributed by atoms with van der Waals surface area (Å²) in [4.78, 5) is 27.4. The van der Waals surface area contributed by atoms with E-state index >= 15 is 0 Å². The van der Waals surface area contributed by atoms with Gasteiger partial charge in [-0.2, -0.15) is 0 Å². The van der Waals surface area contributed by atoms with Crippen molar-refractivity contribution in [3.05, 3.63) is 65.4 Å². The summed E-state index contributed by atoms with van der Waals surface area (Å²) in [5.74, 6) is -0.111. The number of H-pyrrole nitrogens is 1. The number of ketones is 1. The van der Waals surface area contributed by atoms with Crippen LogP contribution in [0.5, 0.6) is 5.75 Å². The van der Waals surface area contributed by atoms with Crippen molar-refractivity contribution < 1.29 is 14.3 Å². The second-order valence-electron chi connectivity index (χ2n) is 6.07. The summed E-state index contributed by atoms with van der Waals surface area (Å²) in [6, 6.07) is 12.5. The van der Waals surface area contributed by atoms with Gasteiger partial charge in [0, 0.05) is 46.9 Å². The van der Waals surface area contributed by atoms with E-state index in [1.807, 2.05) is 24.4 Å². The lowest BCUT2D eigenvalue weighted by molar-refractivity contribution is 0.0800. The lowest BCUT2D eigenvalue weighted by Gasteiger charge is -2.16. The molecule has 1 aliphatic heterocycles. The van der Waals surface area contributed by atoms with Gasteiger partial charge in [0.2, 0.25) is 11.7 Å². The molecule has 0 saturated carbocycles. The number of carbonyl (C=O) groups excluding carboxylic acids is 2. The quantitative estimate of drug-likeness (QED) is 0.638. The summed E-state index contributed by atoms with van der Waals surface area (Å²) in [6.45, 7) is 0.958. The fourth-order valence-electron chi connectivity index (χ4n) is 3.04. The van der Waals surface area contributed by atoms with Crippen molar-refractivity contribution in [2.45, 2.75) is 12.6 Å². The largest absolute Gasteiger partial charge is 0.481 e. The Labute approximate surface area is 144 Å². The predicted molar refractivity (Wildman–Crippen MR) is 93.7 cm³/mol. The molecular formula is C19H17N3O3. The Morgan fingerprint density at radius 3 is 2.76 bits per heavy atom. The highest BCUT2D eigenvalue weighted by Crippen LogP contribution is 2.25. The highest BCUT2D eigenvalue weighted by molar-refractivity contribution is 6.02. The Bertz CT molecular complexity index is 977. The third kappa shape index (κ3) is 2.88. The average molecular weight is 335 g/mol. The van der Waals surface area contributed by atoms with Crippen molar-refractivity contribution in [3.63, 3.8) is 0 Å². The molecule has 4 rings (SSSR count). The number of fused-ring (bicyclic) bond motifs is 2. The van der Waals surface area contributed by atoms with Gasteiger partial charge >= 0.3 is 0 Å². The van der Waals surface area contributed by atoms with Crippen LogP contribution in [0.2, 0.25) is 0 Å². The maximum Gasteiger partial charge on any atom is 0.248 e. The average Bonchev–Trinajstić information content (AvgIpc) is 2.98. The summed E-state index contributed by atoms with van der Waals surface area (Å²) in [7, 11) is 0. The van der Waals surface area contributed by atoms with Crippen molar-refractivity contribution >= 4 is 22.6 Å². The second kappa shape index (κ2) is 6.07. The van der Waals surface area contributed by atoms with E-state index in [0.29, 0.717) is 30.0 Å². The van der Waals surface area contributed by atoms with Crippen LogP contribution in [0.4, 0.5) is 0 Å². The first-order valence-electron chi connectivity index (χ1n) is 8.03. The van der Waals surface area contributed by atoms with Crippen molar-refractivity contribution in [1.29, 1.82) is 0 Å². The maximum atomic E-state index is 12.9. The first-order valence-corrected chi connectivity index (χ1v) is 8.03. The minimum absolute atomic E-state index is 0.104. The molecule has 0 bridgehead atoms. The van der Waals surface area contributed by atoms with Crippen molar-refractivity contribution in [2.24, 2.45) is 5.73 Å². The Kier molecular flexibility index (Phi) is 3.74. The molecule has 0 spiro atoms. The number of hydrogen-bond acceptors (Lipinski definition) is 4. The zero-order chi connectivity index (χ0) is 17.4. The molecule has 1 atom stereocenters. The SMILES string of the molecule is NC(=O)c1ccc2c(c1)OC(C(=O)c1ccc3[nH]ccc3c1)CNC2. The minimum Gasteiger partial charge on any atom is -0.481 e. The number of nitrogens with one attached hydrogen (secondary N) is 2. The molecule has 1 aromatic heterocycles. The van der Waals surface area contributed by atoms with Crippen molar-refractivity contribution in [2.75, 3.05) is 6.54 Å². The minimum atomic E-state index is -0.666. The standard InChI is InChI=1S/C19H17N3O3/c20-19(24)13-1-2-14-9-21-10-17(25-16(14)8-13)18(23)12-3-4-15-11(7-12)5-6-22-15/h1-8,17,21-22H,9-10H2,(H2,20,24). The van der Waals surface area contributed by atoms with Gasteiger partial charge in [-0.25, -0.2) is 0 Å². The highest BCUT2D eigenvalue weighted by atomic mass is 16.5. The number of rotatable bonds is 3. The van der Waals surface area contributed by atoms with E-state index in [9.17, 15) is 9.59 Å². The van der Waals surface area contributed by atoms with Gasteiger partial charge in [0.1, 0.15) is 5.75 Å². The number of aromatic nitrogens is 1. The number of aromatic amines is 1. The van der Waals surface area contributed by atoms with E-state index in [-0.39, 0.29) is 5.78 Å². The summed E-state index contributed by atoms with van der Waals surface area (Å²) in [6.07, 6.45) is 1.17. The van der Waals surface area contributed by atoms with Gasteiger partial charge < -0.3 is 20.8 Å². The zero-order valence-corrected chi connectivity index (χ0v) is 13.4. The van der Waals surface area contributed by atoms with Crippen LogP contribution in [-0.2, 0) is 6.54 Å². The van der Waals surface area contributed by atoms with Gasteiger partial charge in [-0.15, -0.1) is 0 Å². The molecule has 6 nitrogen and oxygen atoms in total. The number of nitrogens with two attached hydrogens (primary N) is 1. The van der Waals surface area contributed by atoms with Crippen molar-refractivity contribution in [3.8, 4) is 5.75 Å². The molecule has 0 aliphatic carbocycles. The summed E-state index contributed by atoms with van der Waals surface area (Å²) >= 11 is 0. The molecule has 0 radical (unpaired) electrons. The molecule has 1 aliphatic rings. The molecule has 0 fully saturated rings. The van der Waals surface area contributed by atoms with E-state index in [0.717, 1.165) is 16.5 Å². The van der Waals surface area contributed by atoms with Gasteiger partial charge in [-0.05, 0) is 36.4 Å². The number of hydrogen-bond donors (Lipinski definition) is 3. The van der Waals surface area contributed by atoms with Gasteiger partial charge in [0.25, 0.3) is 0 Å². The van der Waals surface area contributed by atoms with Crippen LogP contribution in [0.15, 0.2) is 48.7 Å². The molecule has 2 heterocycles. The fraction of sp³-hybridized carbons (Fsp3) is 0.158. The molecule has 6 heteroatoms. The molecule has 3 aromatic rings. The first kappa shape index (κ1) is 15.4. The summed E-state index contributed by atoms with van der Waals surface area (Å²) in [5, 5.41) is 4.19. The monoisotopic (exact) mass is 335 g/mol. The number of carbonyl (C=O) groups is 2. The van der Waals surface area contributed by atoms with E-state index in [1.54, 1.807) is 24.3 Å². The molecule has 2 aromatic carbocycles. The van der Waals surface area contributed by atoms with E-state index in [4.69, 9.17) is 10.5 Å². The Morgan fingerprint density at radius 2 is 1.92 bits per heavy atom. The molecule has 1 unspecified atom stereocenters. The predicted octanol–water partition coefficient (Wildman–Crippen LogP) is 2.00. The molecule has 4 N–H and O–H groups in total. The van der Waals surface area contributed by atoms with Crippen LogP contribution in [0.3, 0.4) is 0 Å². The molecule has 126 valence electrons. The van der Waals surface area contributed by atoms with E-state index in [1.165, 1.54) is 0 Å². The van der Waals surface area contributed by atoms with Crippen LogP contribution in [0.25, 0.3) is 10.9 Å². The molecule has 1 amide bonds. The van der Waals surface area contributed by atoms with Crippen LogP contribution in [0.1, 0.15) is 26.3 Å². The lowest BCUT2D eigenvalue weighted by atomic mass is 10.0. The Hall–Kier alpha value is -3.12. The van der Waals surface area contributed by atoms with Crippen LogP contribution < -0.4 is 15.8 Å². The Morgan fingerprint density at radius 1 is 1.08 bits per heavy atom. The fourth-order valence-corrected chi connectivity index (χ4v) is 3.04. The molecule has 25 heavy (non-hydrogen) atoms. The molecular weight excluding hydrogens is 318 g/mol. The number of amides is 1. The smallest absolute Gasteiger partial charge is 0.248 e. The third-order valence-electron chi connectivity index (χ3n) is 4.40. The number of ether oxygens (including phenoxy) is 1. The van der Waals surface area contributed by atoms with Crippen molar-refractivity contribution in [1.82, 2.24) is 10.3 Å². The highest BCUT2D eigenvalue weighted by Gasteiger charge is 2.26. The van der Waals surface area contributed by atoms with Crippen LogP contribution >= 0.6 is 0 Å². The van der Waals surface area contributed by atoms with Gasteiger partial charge in [0.15, 0.2) is 6.10 Å². The normalized spacial score (nSPS) is 16.7. The topological polar surface area (TPSA) is 97.2 Å². The van der Waals surface area contributed by atoms with Crippen LogP contribution in [-0.4, -0.2) is 29.3 Å². The summed E-state index contributed by atoms with van der Waals surface area (Å²) in [5.41, 5.74) is 8.16. The van der Waals surface area contributed by atoms with Gasteiger partial charge in [0.05, 0.1) is 0 Å². The maximum absolute atomic E-state index is 12.9. The van der Waals surface area contributed by atoms with Crippen LogP contribution in [0, 0.1) is 0 Å². The van der Waals surface area contributed by atoms with E-state index in [2.05, 4.69) is 10.3 Å². The third-order valence-corrected chi connectivity index (χ3v) is 4.40. The zero-order valence-electron chi connectivity index (χ0n) is 13.4. The lowest BCUT2D eigenvalue weighted by Crippen LogP contribution is -2.35. The Balaban J connectivity index is 1.64. The molecule has 0 saturated heterocycles. The number of benzene rings is 2.